The van der Waals surface area contributed by atoms with Crippen molar-refractivity contribution in [2.24, 2.45) is 11.5 Å². The van der Waals surface area contributed by atoms with Gasteiger partial charge < -0.3 is 20.8 Å². The van der Waals surface area contributed by atoms with Crippen LogP contribution in [0.4, 0.5) is 0 Å². The molecule has 5 N–H and O–H groups in total. The Hall–Kier alpha value is -4.09. The summed E-state index contributed by atoms with van der Waals surface area (Å²) in [5.74, 6) is -0.0843. The maximum Gasteiger partial charge on any atom is 0.323 e. The number of esters is 1. The number of nitrogens with one attached hydrogen (secondary N) is 1. The highest BCUT2D eigenvalue weighted by Gasteiger charge is 2.21. The summed E-state index contributed by atoms with van der Waals surface area (Å²) in [6, 6.07) is 14.8. The number of hydrogen-bond acceptors (Lipinski definition) is 8. The molecule has 0 spiro atoms. The highest BCUT2D eigenvalue weighted by molar-refractivity contribution is 6.30. The number of imidazole rings is 1. The predicted octanol–water partition coefficient (Wildman–Crippen LogP) is 3.02. The lowest BCUT2D eigenvalue weighted by atomic mass is 9.98. The van der Waals surface area contributed by atoms with Crippen LogP contribution in [0.25, 0.3) is 22.5 Å². The van der Waals surface area contributed by atoms with Crippen LogP contribution in [0.2, 0.25) is 5.15 Å². The largest absolute Gasteiger partial charge is 0.458 e. The number of unbranched alkanes of at least 4 members (excludes halogenated alkanes) is 1. The Morgan fingerprint density at radius 3 is 2.53 bits per heavy atom. The third-order valence-corrected chi connectivity index (χ3v) is 6.35. The van der Waals surface area contributed by atoms with Crippen LogP contribution in [0.3, 0.4) is 0 Å². The van der Waals surface area contributed by atoms with Crippen molar-refractivity contribution in [2.75, 3.05) is 0 Å². The summed E-state index contributed by atoms with van der Waals surface area (Å²) in [6.45, 7) is 2.45. The number of aromatic amines is 1. The first kappa shape index (κ1) is 27.0. The molecule has 0 bridgehead atoms. The summed E-state index contributed by atoms with van der Waals surface area (Å²) < 4.78 is 7.32. The fourth-order valence-electron chi connectivity index (χ4n) is 4.08. The number of primary amides is 1. The van der Waals surface area contributed by atoms with Crippen molar-refractivity contribution in [3.8, 4) is 22.5 Å². The monoisotopic (exact) mass is 536 g/mol. The molecule has 0 fully saturated rings. The van der Waals surface area contributed by atoms with Gasteiger partial charge in [0.25, 0.3) is 0 Å². The number of nitrogens with zero attached hydrogens (tertiary/aromatic N) is 5. The Kier molecular flexibility index (Phi) is 8.82. The van der Waals surface area contributed by atoms with Crippen LogP contribution in [0, 0.1) is 0 Å². The van der Waals surface area contributed by atoms with Gasteiger partial charge in [-0.05, 0) is 28.3 Å². The molecule has 0 saturated heterocycles. The minimum atomic E-state index is -1.13. The molecule has 1 atom stereocenters. The molecule has 0 unspecified atom stereocenters. The highest BCUT2D eigenvalue weighted by Crippen LogP contribution is 2.30. The maximum absolute atomic E-state index is 12.3. The molecule has 2 heterocycles. The lowest BCUT2D eigenvalue weighted by Gasteiger charge is -2.15. The molecule has 4 rings (SSSR count). The molecule has 12 heteroatoms. The van der Waals surface area contributed by atoms with Gasteiger partial charge in [0.15, 0.2) is 5.15 Å². The zero-order valence-corrected chi connectivity index (χ0v) is 21.7. The van der Waals surface area contributed by atoms with Gasteiger partial charge in [-0.3, -0.25) is 9.59 Å². The van der Waals surface area contributed by atoms with Crippen LogP contribution in [0.1, 0.15) is 43.3 Å². The minimum Gasteiger partial charge on any atom is -0.458 e. The van der Waals surface area contributed by atoms with Gasteiger partial charge in [0, 0.05) is 18.5 Å². The van der Waals surface area contributed by atoms with Gasteiger partial charge in [-0.1, -0.05) is 73.5 Å². The first-order chi connectivity index (χ1) is 18.4. The van der Waals surface area contributed by atoms with E-state index in [1.165, 1.54) is 0 Å². The van der Waals surface area contributed by atoms with E-state index < -0.39 is 17.9 Å². The number of rotatable bonds is 12. The Balaban J connectivity index is 1.57. The molecule has 1 amide bonds. The van der Waals surface area contributed by atoms with Gasteiger partial charge in [0.2, 0.25) is 11.7 Å². The second-order valence-electron chi connectivity index (χ2n) is 8.82. The molecule has 0 aliphatic heterocycles. The van der Waals surface area contributed by atoms with Crippen molar-refractivity contribution >= 4 is 23.5 Å². The number of carbonyl (C=O) groups excluding carboxylic acids is 2. The molecule has 11 nitrogen and oxygen atoms in total. The average molecular weight is 537 g/mol. The minimum absolute atomic E-state index is 0.126. The van der Waals surface area contributed by atoms with Crippen molar-refractivity contribution in [2.45, 2.75) is 51.8 Å². The van der Waals surface area contributed by atoms with Crippen LogP contribution in [0.15, 0.2) is 48.5 Å². The number of ether oxygens (including phenoxy) is 1. The molecule has 2 aromatic heterocycles. The topological polar surface area (TPSA) is 168 Å². The molecular formula is C26H29ClN8O3. The summed E-state index contributed by atoms with van der Waals surface area (Å²) in [7, 11) is 0. The summed E-state index contributed by atoms with van der Waals surface area (Å²) in [5, 5.41) is 14.6. The molecule has 0 saturated carbocycles. The fourth-order valence-corrected chi connectivity index (χ4v) is 4.33. The SMILES string of the molecule is CCCCc1nc(Cl)c(COC(=O)[C@@H](N)CC(N)=O)n1Cc1ccc(-c2ccccc2-c2nn[nH]n2)cc1. The Bertz CT molecular complexity index is 1390. The number of nitrogens with two attached hydrogens (primary N) is 2. The molecule has 0 aliphatic carbocycles. The summed E-state index contributed by atoms with van der Waals surface area (Å²) in [4.78, 5) is 27.9. The number of tetrazole rings is 1. The number of benzene rings is 2. The molecule has 0 aliphatic rings. The van der Waals surface area contributed by atoms with Crippen molar-refractivity contribution in [3.63, 3.8) is 0 Å². The van der Waals surface area contributed by atoms with Crippen molar-refractivity contribution < 1.29 is 14.3 Å². The molecule has 4 aromatic rings. The van der Waals surface area contributed by atoms with Crippen LogP contribution >= 0.6 is 11.6 Å². The van der Waals surface area contributed by atoms with Gasteiger partial charge in [0.1, 0.15) is 18.5 Å². The standard InChI is InChI=1S/C26H29ClN8O3/c1-2-3-8-23-30-24(27)21(15-38-26(37)20(28)13-22(29)36)35(23)14-16-9-11-17(12-10-16)18-6-4-5-7-19(18)25-31-33-34-32-25/h4-7,9-12,20H,2-3,8,13-15,28H2,1H3,(H2,29,36)(H,31,32,33,34)/t20-/m0/s1. The molecule has 0 radical (unpaired) electrons. The number of aromatic nitrogens is 6. The lowest BCUT2D eigenvalue weighted by Crippen LogP contribution is -2.36. The fraction of sp³-hybridized carbons (Fsp3) is 0.308. The van der Waals surface area contributed by atoms with Gasteiger partial charge in [-0.15, -0.1) is 10.2 Å². The quantitative estimate of drug-likeness (QED) is 0.232. The van der Waals surface area contributed by atoms with E-state index in [-0.39, 0.29) is 18.2 Å². The first-order valence-corrected chi connectivity index (χ1v) is 12.6. The predicted molar refractivity (Wildman–Crippen MR) is 142 cm³/mol. The molecule has 2 aromatic carbocycles. The van der Waals surface area contributed by atoms with E-state index in [9.17, 15) is 9.59 Å². The van der Waals surface area contributed by atoms with Crippen LogP contribution < -0.4 is 11.5 Å². The van der Waals surface area contributed by atoms with Crippen molar-refractivity contribution in [1.29, 1.82) is 0 Å². The number of amides is 1. The van der Waals surface area contributed by atoms with Gasteiger partial charge in [0.05, 0.1) is 12.1 Å². The van der Waals surface area contributed by atoms with Crippen molar-refractivity contribution in [1.82, 2.24) is 30.2 Å². The smallest absolute Gasteiger partial charge is 0.323 e. The van der Waals surface area contributed by atoms with Gasteiger partial charge in [-0.2, -0.15) is 5.21 Å². The second kappa shape index (κ2) is 12.4. The number of hydrogen-bond donors (Lipinski definition) is 3. The van der Waals surface area contributed by atoms with E-state index in [0.29, 0.717) is 18.1 Å². The van der Waals surface area contributed by atoms with Crippen molar-refractivity contribution in [3.05, 3.63) is 70.8 Å². The van der Waals surface area contributed by atoms with E-state index >= 15 is 0 Å². The molecular weight excluding hydrogens is 508 g/mol. The molecule has 198 valence electrons. The third-order valence-electron chi connectivity index (χ3n) is 6.05. The van der Waals surface area contributed by atoms with E-state index in [1.807, 2.05) is 53.1 Å². The third kappa shape index (κ3) is 6.42. The van der Waals surface area contributed by atoms with E-state index in [4.69, 9.17) is 27.8 Å². The highest BCUT2D eigenvalue weighted by atomic mass is 35.5. The maximum atomic E-state index is 12.3. The van der Waals surface area contributed by atoms with Crippen LogP contribution in [0.5, 0.6) is 0 Å². The van der Waals surface area contributed by atoms with E-state index in [1.54, 1.807) is 0 Å². The van der Waals surface area contributed by atoms with E-state index in [2.05, 4.69) is 32.5 Å². The first-order valence-electron chi connectivity index (χ1n) is 12.2. The summed E-state index contributed by atoms with van der Waals surface area (Å²) in [6.07, 6.45) is 2.35. The number of carbonyl (C=O) groups is 2. The van der Waals surface area contributed by atoms with Crippen LogP contribution in [-0.4, -0.2) is 48.1 Å². The normalized spacial score (nSPS) is 11.9. The zero-order chi connectivity index (χ0) is 27.1. The Labute approximate surface area is 224 Å². The Morgan fingerprint density at radius 2 is 1.87 bits per heavy atom. The van der Waals surface area contributed by atoms with Gasteiger partial charge in [-0.25, -0.2) is 4.98 Å². The summed E-state index contributed by atoms with van der Waals surface area (Å²) >= 11 is 6.47. The zero-order valence-electron chi connectivity index (χ0n) is 20.9. The average Bonchev–Trinajstić information content (AvgIpc) is 3.54. The second-order valence-corrected chi connectivity index (χ2v) is 9.18. The number of H-pyrrole nitrogens is 1. The van der Waals surface area contributed by atoms with Crippen LogP contribution in [-0.2, 0) is 33.9 Å². The van der Waals surface area contributed by atoms with E-state index in [0.717, 1.165) is 47.3 Å². The number of aryl methyl sites for hydroxylation is 1. The molecule has 38 heavy (non-hydrogen) atoms. The lowest BCUT2D eigenvalue weighted by molar-refractivity contribution is -0.147. The number of halogens is 1. The summed E-state index contributed by atoms with van der Waals surface area (Å²) in [5.41, 5.74) is 15.3. The van der Waals surface area contributed by atoms with Gasteiger partial charge >= 0.3 is 5.97 Å². The Morgan fingerprint density at radius 1 is 1.13 bits per heavy atom.